The second-order valence-electron chi connectivity index (χ2n) is 3.92. The maximum absolute atomic E-state index is 11.6. The fourth-order valence-electron chi connectivity index (χ4n) is 1.05. The third kappa shape index (κ3) is 2.94. The SMILES string of the molecule is CC(C)[C@H](C)NC(=O)c1ccc[nH]c1=O. The lowest BCUT2D eigenvalue weighted by molar-refractivity contribution is 0.0929. The Morgan fingerprint density at radius 2 is 2.07 bits per heavy atom. The summed E-state index contributed by atoms with van der Waals surface area (Å²) < 4.78 is 0. The number of carbonyl (C=O) groups is 1. The number of pyridine rings is 1. The molecule has 2 N–H and O–H groups in total. The van der Waals surface area contributed by atoms with Crippen molar-refractivity contribution >= 4 is 5.91 Å². The Labute approximate surface area is 88.7 Å². The topological polar surface area (TPSA) is 62.0 Å². The van der Waals surface area contributed by atoms with Crippen LogP contribution in [-0.2, 0) is 0 Å². The number of hydrogen-bond acceptors (Lipinski definition) is 2. The average molecular weight is 208 g/mol. The zero-order valence-electron chi connectivity index (χ0n) is 9.20. The van der Waals surface area contributed by atoms with Crippen LogP contribution in [0.15, 0.2) is 23.1 Å². The summed E-state index contributed by atoms with van der Waals surface area (Å²) in [6.45, 7) is 5.94. The second-order valence-corrected chi connectivity index (χ2v) is 3.92. The van der Waals surface area contributed by atoms with E-state index in [1.807, 2.05) is 20.8 Å². The highest BCUT2D eigenvalue weighted by atomic mass is 16.2. The van der Waals surface area contributed by atoms with Gasteiger partial charge in [0.05, 0.1) is 0 Å². The molecule has 0 aliphatic heterocycles. The van der Waals surface area contributed by atoms with E-state index in [0.717, 1.165) is 0 Å². The zero-order chi connectivity index (χ0) is 11.4. The fraction of sp³-hybridized carbons (Fsp3) is 0.455. The lowest BCUT2D eigenvalue weighted by atomic mass is 10.1. The van der Waals surface area contributed by atoms with Gasteiger partial charge in [0.2, 0.25) is 0 Å². The van der Waals surface area contributed by atoms with Crippen LogP contribution in [0.3, 0.4) is 0 Å². The molecule has 0 unspecified atom stereocenters. The molecule has 0 fully saturated rings. The Morgan fingerprint density at radius 1 is 1.40 bits per heavy atom. The van der Waals surface area contributed by atoms with E-state index in [0.29, 0.717) is 5.92 Å². The van der Waals surface area contributed by atoms with Crippen LogP contribution >= 0.6 is 0 Å². The van der Waals surface area contributed by atoms with Gasteiger partial charge in [0.25, 0.3) is 11.5 Å². The van der Waals surface area contributed by atoms with Crippen molar-refractivity contribution in [2.75, 3.05) is 0 Å². The minimum Gasteiger partial charge on any atom is -0.349 e. The molecule has 0 aliphatic rings. The number of carbonyl (C=O) groups excluding carboxylic acids is 1. The Morgan fingerprint density at radius 3 is 2.60 bits per heavy atom. The molecule has 1 amide bonds. The van der Waals surface area contributed by atoms with Gasteiger partial charge in [-0.05, 0) is 25.0 Å². The predicted molar refractivity (Wildman–Crippen MR) is 58.8 cm³/mol. The van der Waals surface area contributed by atoms with Crippen LogP contribution in [0.25, 0.3) is 0 Å². The summed E-state index contributed by atoms with van der Waals surface area (Å²) in [4.78, 5) is 25.4. The van der Waals surface area contributed by atoms with Gasteiger partial charge in [-0.2, -0.15) is 0 Å². The maximum Gasteiger partial charge on any atom is 0.260 e. The number of aromatic nitrogens is 1. The number of H-pyrrole nitrogens is 1. The molecule has 1 atom stereocenters. The molecule has 0 radical (unpaired) electrons. The monoisotopic (exact) mass is 208 g/mol. The van der Waals surface area contributed by atoms with Gasteiger partial charge in [-0.15, -0.1) is 0 Å². The molecule has 15 heavy (non-hydrogen) atoms. The van der Waals surface area contributed by atoms with E-state index < -0.39 is 0 Å². The molecule has 0 bridgehead atoms. The molecule has 82 valence electrons. The Balaban J connectivity index is 2.79. The van der Waals surface area contributed by atoms with Crippen LogP contribution in [-0.4, -0.2) is 16.9 Å². The molecule has 4 heteroatoms. The highest BCUT2D eigenvalue weighted by molar-refractivity contribution is 5.93. The van der Waals surface area contributed by atoms with Crippen molar-refractivity contribution in [2.45, 2.75) is 26.8 Å². The summed E-state index contributed by atoms with van der Waals surface area (Å²) in [6, 6.07) is 3.20. The molecular formula is C11H16N2O2. The van der Waals surface area contributed by atoms with Crippen molar-refractivity contribution in [3.05, 3.63) is 34.2 Å². The molecule has 0 saturated carbocycles. The summed E-state index contributed by atoms with van der Waals surface area (Å²) in [5.41, 5.74) is -0.198. The van der Waals surface area contributed by atoms with Crippen LogP contribution in [0.1, 0.15) is 31.1 Å². The minimum atomic E-state index is -0.356. The smallest absolute Gasteiger partial charge is 0.260 e. The van der Waals surface area contributed by atoms with Crippen molar-refractivity contribution in [2.24, 2.45) is 5.92 Å². The van der Waals surface area contributed by atoms with Crippen LogP contribution in [0.5, 0.6) is 0 Å². The van der Waals surface area contributed by atoms with Gasteiger partial charge in [-0.3, -0.25) is 9.59 Å². The van der Waals surface area contributed by atoms with E-state index in [9.17, 15) is 9.59 Å². The van der Waals surface area contributed by atoms with Gasteiger partial charge in [-0.25, -0.2) is 0 Å². The van der Waals surface area contributed by atoms with Gasteiger partial charge < -0.3 is 10.3 Å². The van der Waals surface area contributed by atoms with Gasteiger partial charge in [0, 0.05) is 12.2 Å². The Bertz CT molecular complexity index is 396. The number of amides is 1. The van der Waals surface area contributed by atoms with Crippen molar-refractivity contribution in [1.29, 1.82) is 0 Å². The maximum atomic E-state index is 11.6. The first-order valence-corrected chi connectivity index (χ1v) is 5.01. The van der Waals surface area contributed by atoms with Crippen LogP contribution < -0.4 is 10.9 Å². The third-order valence-electron chi connectivity index (χ3n) is 2.42. The lowest BCUT2D eigenvalue weighted by Gasteiger charge is -2.16. The highest BCUT2D eigenvalue weighted by Gasteiger charge is 2.14. The van der Waals surface area contributed by atoms with Crippen LogP contribution in [0.2, 0.25) is 0 Å². The van der Waals surface area contributed by atoms with E-state index in [2.05, 4.69) is 10.3 Å². The number of aromatic amines is 1. The Hall–Kier alpha value is -1.58. The summed E-state index contributed by atoms with van der Waals surface area (Å²) >= 11 is 0. The molecule has 1 aromatic heterocycles. The molecule has 1 rings (SSSR count). The molecule has 4 nitrogen and oxygen atoms in total. The highest BCUT2D eigenvalue weighted by Crippen LogP contribution is 2.00. The second kappa shape index (κ2) is 4.77. The van der Waals surface area contributed by atoms with E-state index in [1.165, 1.54) is 12.3 Å². The third-order valence-corrected chi connectivity index (χ3v) is 2.42. The number of nitrogens with one attached hydrogen (secondary N) is 2. The zero-order valence-corrected chi connectivity index (χ0v) is 9.20. The van der Waals surface area contributed by atoms with Crippen molar-refractivity contribution in [1.82, 2.24) is 10.3 Å². The number of hydrogen-bond donors (Lipinski definition) is 2. The largest absolute Gasteiger partial charge is 0.349 e. The predicted octanol–water partition coefficient (Wildman–Crippen LogP) is 1.15. The first kappa shape index (κ1) is 11.5. The van der Waals surface area contributed by atoms with E-state index in [-0.39, 0.29) is 23.1 Å². The summed E-state index contributed by atoms with van der Waals surface area (Å²) in [5.74, 6) is 0.0230. The molecule has 0 aromatic carbocycles. The van der Waals surface area contributed by atoms with E-state index in [4.69, 9.17) is 0 Å². The summed E-state index contributed by atoms with van der Waals surface area (Å²) in [7, 11) is 0. The van der Waals surface area contributed by atoms with Crippen LogP contribution in [0.4, 0.5) is 0 Å². The Kier molecular flexibility index (Phi) is 3.66. The number of rotatable bonds is 3. The van der Waals surface area contributed by atoms with Gasteiger partial charge in [0.1, 0.15) is 5.56 Å². The fourth-order valence-corrected chi connectivity index (χ4v) is 1.05. The molecule has 1 aromatic rings. The first-order chi connectivity index (χ1) is 7.02. The molecule has 0 spiro atoms. The van der Waals surface area contributed by atoms with Gasteiger partial charge in [-0.1, -0.05) is 13.8 Å². The van der Waals surface area contributed by atoms with Crippen LogP contribution in [0, 0.1) is 5.92 Å². The minimum absolute atomic E-state index is 0.0529. The van der Waals surface area contributed by atoms with E-state index >= 15 is 0 Å². The van der Waals surface area contributed by atoms with Crippen molar-refractivity contribution in [3.63, 3.8) is 0 Å². The molecule has 0 aliphatic carbocycles. The summed E-state index contributed by atoms with van der Waals surface area (Å²) in [5, 5.41) is 2.78. The molecule has 1 heterocycles. The average Bonchev–Trinajstić information content (AvgIpc) is 2.18. The van der Waals surface area contributed by atoms with Crippen molar-refractivity contribution < 1.29 is 4.79 Å². The molecular weight excluding hydrogens is 192 g/mol. The lowest BCUT2D eigenvalue weighted by Crippen LogP contribution is -2.38. The summed E-state index contributed by atoms with van der Waals surface area (Å²) in [6.07, 6.45) is 1.50. The standard InChI is InChI=1S/C11H16N2O2/c1-7(2)8(3)13-11(15)9-5-4-6-12-10(9)14/h4-8H,1-3H3,(H,12,14)(H,13,15)/t8-/m0/s1. The van der Waals surface area contributed by atoms with Crippen molar-refractivity contribution in [3.8, 4) is 0 Å². The van der Waals surface area contributed by atoms with Gasteiger partial charge >= 0.3 is 0 Å². The van der Waals surface area contributed by atoms with E-state index in [1.54, 1.807) is 6.07 Å². The van der Waals surface area contributed by atoms with Gasteiger partial charge in [0.15, 0.2) is 0 Å². The quantitative estimate of drug-likeness (QED) is 0.782. The molecule has 0 saturated heterocycles. The normalized spacial score (nSPS) is 12.5. The first-order valence-electron chi connectivity index (χ1n) is 5.01.